The zero-order valence-electron chi connectivity index (χ0n) is 16.7. The van der Waals surface area contributed by atoms with Crippen LogP contribution in [0.5, 0.6) is 11.5 Å². The maximum absolute atomic E-state index is 12.3. The first kappa shape index (κ1) is 23.2. The number of nitrogens with one attached hydrogen (secondary N) is 1. The smallest absolute Gasteiger partial charge is 0.234 e. The van der Waals surface area contributed by atoms with E-state index in [4.69, 9.17) is 21.1 Å². The van der Waals surface area contributed by atoms with Crippen molar-refractivity contribution in [2.75, 3.05) is 18.2 Å². The van der Waals surface area contributed by atoms with Crippen LogP contribution in [0.1, 0.15) is 5.82 Å². The number of rotatable bonds is 10. The van der Waals surface area contributed by atoms with Gasteiger partial charge in [-0.25, -0.2) is 0 Å². The lowest BCUT2D eigenvalue weighted by molar-refractivity contribution is -0.113. The van der Waals surface area contributed by atoms with E-state index in [-0.39, 0.29) is 18.3 Å². The minimum Gasteiger partial charge on any atom is -0.493 e. The summed E-state index contributed by atoms with van der Waals surface area (Å²) in [6, 6.07) is 12.6. The third-order valence-electron chi connectivity index (χ3n) is 4.07. The van der Waals surface area contributed by atoms with Gasteiger partial charge in [0, 0.05) is 16.7 Å². The number of aromatic nitrogens is 3. The van der Waals surface area contributed by atoms with Crippen molar-refractivity contribution in [1.82, 2.24) is 14.8 Å². The first-order valence-electron chi connectivity index (χ1n) is 9.18. The number of ether oxygens (including phenoxy) is 2. The number of halogens is 2. The van der Waals surface area contributed by atoms with E-state index in [1.54, 1.807) is 31.4 Å². The van der Waals surface area contributed by atoms with Crippen molar-refractivity contribution in [1.29, 1.82) is 0 Å². The molecule has 3 rings (SSSR count). The largest absolute Gasteiger partial charge is 0.493 e. The molecule has 1 N–H and O–H groups in total. The average Bonchev–Trinajstić information content (AvgIpc) is 3.15. The first-order valence-corrected chi connectivity index (χ1v) is 11.3. The van der Waals surface area contributed by atoms with Crippen molar-refractivity contribution in [3.8, 4) is 11.5 Å². The van der Waals surface area contributed by atoms with Crippen molar-refractivity contribution >= 4 is 50.9 Å². The van der Waals surface area contributed by atoms with Crippen LogP contribution >= 0.6 is 39.3 Å². The van der Waals surface area contributed by atoms with Crippen LogP contribution < -0.4 is 14.8 Å². The van der Waals surface area contributed by atoms with E-state index in [9.17, 15) is 4.79 Å². The van der Waals surface area contributed by atoms with Gasteiger partial charge in [0.25, 0.3) is 0 Å². The van der Waals surface area contributed by atoms with E-state index < -0.39 is 0 Å². The molecule has 0 aliphatic heterocycles. The van der Waals surface area contributed by atoms with Crippen LogP contribution in [0.15, 0.2) is 64.7 Å². The van der Waals surface area contributed by atoms with Crippen LogP contribution in [0.3, 0.4) is 0 Å². The molecule has 1 heterocycles. The van der Waals surface area contributed by atoms with Gasteiger partial charge in [-0.15, -0.1) is 16.8 Å². The zero-order valence-corrected chi connectivity index (χ0v) is 19.8. The second-order valence-electron chi connectivity index (χ2n) is 6.20. The summed E-state index contributed by atoms with van der Waals surface area (Å²) in [4.78, 5) is 12.3. The molecular formula is C21H20BrClN4O3S. The first-order chi connectivity index (χ1) is 15.0. The number of thioether (sulfide) groups is 1. The number of amides is 1. The molecular weight excluding hydrogens is 504 g/mol. The van der Waals surface area contributed by atoms with Crippen LogP contribution in [0.4, 0.5) is 5.69 Å². The molecule has 0 saturated heterocycles. The van der Waals surface area contributed by atoms with Crippen molar-refractivity contribution in [3.05, 3.63) is 70.4 Å². The molecule has 10 heteroatoms. The Kier molecular flexibility index (Phi) is 8.39. The Morgan fingerprint density at radius 1 is 1.29 bits per heavy atom. The van der Waals surface area contributed by atoms with Gasteiger partial charge in [0.15, 0.2) is 22.5 Å². The number of carbonyl (C=O) groups is 1. The van der Waals surface area contributed by atoms with E-state index in [0.717, 1.165) is 4.47 Å². The van der Waals surface area contributed by atoms with E-state index in [1.807, 2.05) is 28.8 Å². The topological polar surface area (TPSA) is 78.3 Å². The number of para-hydroxylation sites is 2. The number of benzene rings is 2. The zero-order chi connectivity index (χ0) is 22.2. The second kappa shape index (κ2) is 11.2. The monoisotopic (exact) mass is 522 g/mol. The molecule has 0 radical (unpaired) electrons. The highest BCUT2D eigenvalue weighted by molar-refractivity contribution is 9.10. The Labute approximate surface area is 197 Å². The Morgan fingerprint density at radius 3 is 2.77 bits per heavy atom. The molecule has 7 nitrogen and oxygen atoms in total. The maximum Gasteiger partial charge on any atom is 0.234 e. The van der Waals surface area contributed by atoms with E-state index in [1.165, 1.54) is 11.8 Å². The molecule has 1 aromatic heterocycles. The van der Waals surface area contributed by atoms with E-state index in [0.29, 0.717) is 39.7 Å². The van der Waals surface area contributed by atoms with Crippen molar-refractivity contribution < 1.29 is 14.3 Å². The van der Waals surface area contributed by atoms with Gasteiger partial charge in [-0.3, -0.25) is 9.36 Å². The summed E-state index contributed by atoms with van der Waals surface area (Å²) in [5, 5.41) is 12.4. The number of hydrogen-bond acceptors (Lipinski definition) is 6. The lowest BCUT2D eigenvalue weighted by Gasteiger charge is -2.11. The van der Waals surface area contributed by atoms with Crippen LogP contribution in [0.25, 0.3) is 0 Å². The fraction of sp³-hybridized carbons (Fsp3) is 0.190. The molecule has 0 aliphatic carbocycles. The summed E-state index contributed by atoms with van der Waals surface area (Å²) in [6.07, 6.45) is 1.74. The lowest BCUT2D eigenvalue weighted by atomic mass is 10.3. The number of nitrogens with zero attached hydrogens (tertiary/aromatic N) is 3. The number of anilines is 1. The summed E-state index contributed by atoms with van der Waals surface area (Å²) in [5.41, 5.74) is 0.622. The third-order valence-corrected chi connectivity index (χ3v) is 6.27. The number of hydrogen-bond donors (Lipinski definition) is 1. The van der Waals surface area contributed by atoms with Crippen LogP contribution in [-0.2, 0) is 17.9 Å². The molecule has 3 aromatic rings. The maximum atomic E-state index is 12.3. The summed E-state index contributed by atoms with van der Waals surface area (Å²) < 4.78 is 13.8. The number of carbonyl (C=O) groups excluding carboxylic acids is 1. The summed E-state index contributed by atoms with van der Waals surface area (Å²) in [7, 11) is 1.59. The normalized spacial score (nSPS) is 10.5. The molecule has 1 amide bonds. The average molecular weight is 524 g/mol. The standard InChI is InChI=1S/C21H20BrClN4O3S/c1-3-10-27-19(12-30-18-7-5-4-6-17(18)29-2)25-26-21(27)31-13-20(28)24-14-8-9-15(22)16(23)11-14/h3-9,11H,1,10,12-13H2,2H3,(H,24,28). The Hall–Kier alpha value is -2.49. The quantitative estimate of drug-likeness (QED) is 0.291. The number of methoxy groups -OCH3 is 1. The Morgan fingerprint density at radius 2 is 2.06 bits per heavy atom. The SMILES string of the molecule is C=CCn1c(COc2ccccc2OC)nnc1SCC(=O)Nc1ccc(Br)c(Cl)c1. The lowest BCUT2D eigenvalue weighted by Crippen LogP contribution is -2.15. The second-order valence-corrected chi connectivity index (χ2v) is 8.41. The molecule has 0 fully saturated rings. The molecule has 0 spiro atoms. The molecule has 2 aromatic carbocycles. The van der Waals surface area contributed by atoms with Gasteiger partial charge in [0.05, 0.1) is 17.9 Å². The molecule has 0 saturated carbocycles. The van der Waals surface area contributed by atoms with Gasteiger partial charge >= 0.3 is 0 Å². The highest BCUT2D eigenvalue weighted by Crippen LogP contribution is 2.28. The Balaban J connectivity index is 1.63. The van der Waals surface area contributed by atoms with E-state index in [2.05, 4.69) is 38.0 Å². The highest BCUT2D eigenvalue weighted by atomic mass is 79.9. The molecule has 0 atom stereocenters. The van der Waals surface area contributed by atoms with E-state index >= 15 is 0 Å². The minimum atomic E-state index is -0.177. The molecule has 0 aliphatic rings. The van der Waals surface area contributed by atoms with Gasteiger partial charge in [-0.1, -0.05) is 41.6 Å². The van der Waals surface area contributed by atoms with Crippen LogP contribution in [0, 0.1) is 0 Å². The summed E-state index contributed by atoms with van der Waals surface area (Å²) in [5.74, 6) is 1.85. The van der Waals surface area contributed by atoms with Gasteiger partial charge < -0.3 is 14.8 Å². The fourth-order valence-electron chi connectivity index (χ4n) is 2.63. The van der Waals surface area contributed by atoms with Gasteiger partial charge in [-0.2, -0.15) is 0 Å². The Bertz CT molecular complexity index is 1080. The van der Waals surface area contributed by atoms with Gasteiger partial charge in [-0.05, 0) is 46.3 Å². The molecule has 0 unspecified atom stereocenters. The number of allylic oxidation sites excluding steroid dienone is 1. The molecule has 162 valence electrons. The summed E-state index contributed by atoms with van der Waals surface area (Å²) in [6.45, 7) is 4.48. The highest BCUT2D eigenvalue weighted by Gasteiger charge is 2.15. The predicted octanol–water partition coefficient (Wildman–Crippen LogP) is 5.20. The van der Waals surface area contributed by atoms with Gasteiger partial charge in [0.1, 0.15) is 6.61 Å². The predicted molar refractivity (Wildman–Crippen MR) is 126 cm³/mol. The van der Waals surface area contributed by atoms with Crippen molar-refractivity contribution in [2.45, 2.75) is 18.3 Å². The van der Waals surface area contributed by atoms with Crippen molar-refractivity contribution in [2.24, 2.45) is 0 Å². The minimum absolute atomic E-state index is 0.163. The van der Waals surface area contributed by atoms with Crippen LogP contribution in [-0.4, -0.2) is 33.5 Å². The third kappa shape index (κ3) is 6.25. The van der Waals surface area contributed by atoms with Gasteiger partial charge in [0.2, 0.25) is 5.91 Å². The fourth-order valence-corrected chi connectivity index (χ4v) is 3.82. The molecule has 0 bridgehead atoms. The molecule has 31 heavy (non-hydrogen) atoms. The van der Waals surface area contributed by atoms with Crippen molar-refractivity contribution in [3.63, 3.8) is 0 Å². The van der Waals surface area contributed by atoms with Crippen LogP contribution in [0.2, 0.25) is 5.02 Å². The summed E-state index contributed by atoms with van der Waals surface area (Å²) >= 11 is 10.7.